The van der Waals surface area contributed by atoms with Crippen molar-refractivity contribution in [1.29, 1.82) is 0 Å². The van der Waals surface area contributed by atoms with Crippen LogP contribution in [0.3, 0.4) is 0 Å². The molecule has 1 N–H and O–H groups in total. The van der Waals surface area contributed by atoms with Gasteiger partial charge >= 0.3 is 0 Å². The second-order valence-corrected chi connectivity index (χ2v) is 5.72. The number of nitrogens with one attached hydrogen (secondary N) is 1. The molecule has 0 bridgehead atoms. The Bertz CT molecular complexity index is 556. The van der Waals surface area contributed by atoms with Crippen LogP contribution in [0.2, 0.25) is 0 Å². The van der Waals surface area contributed by atoms with E-state index in [1.54, 1.807) is 0 Å². The van der Waals surface area contributed by atoms with Crippen molar-refractivity contribution in [3.05, 3.63) is 36.0 Å². The molecule has 0 radical (unpaired) electrons. The summed E-state index contributed by atoms with van der Waals surface area (Å²) in [6.45, 7) is 9.65. The lowest BCUT2D eigenvalue weighted by atomic mass is 10.1. The number of hydrogen-bond donors (Lipinski definition) is 1. The standard InChI is InChI=1S/C16H22N2O2/c1-5-19-14-9-7-6-8-13(14)15-10-12(18-20-15)11-17-16(2,3)4/h6-10,17H,5,11H2,1-4H3. The number of hydrogen-bond acceptors (Lipinski definition) is 4. The fraction of sp³-hybridized carbons (Fsp3) is 0.438. The Kier molecular flexibility index (Phi) is 4.45. The molecule has 1 aromatic carbocycles. The highest BCUT2D eigenvalue weighted by Crippen LogP contribution is 2.30. The van der Waals surface area contributed by atoms with Gasteiger partial charge in [-0.1, -0.05) is 17.3 Å². The highest BCUT2D eigenvalue weighted by molar-refractivity contribution is 5.65. The number of rotatable bonds is 5. The topological polar surface area (TPSA) is 47.3 Å². The second-order valence-electron chi connectivity index (χ2n) is 5.72. The summed E-state index contributed by atoms with van der Waals surface area (Å²) in [6, 6.07) is 9.79. The number of aromatic nitrogens is 1. The van der Waals surface area contributed by atoms with E-state index >= 15 is 0 Å². The van der Waals surface area contributed by atoms with Crippen molar-refractivity contribution in [1.82, 2.24) is 10.5 Å². The van der Waals surface area contributed by atoms with Gasteiger partial charge in [-0.25, -0.2) is 0 Å². The molecule has 20 heavy (non-hydrogen) atoms. The van der Waals surface area contributed by atoms with Gasteiger partial charge in [0.2, 0.25) is 0 Å². The van der Waals surface area contributed by atoms with Crippen molar-refractivity contribution in [2.24, 2.45) is 0 Å². The molecule has 0 aliphatic heterocycles. The van der Waals surface area contributed by atoms with E-state index in [2.05, 4.69) is 31.2 Å². The molecule has 0 fully saturated rings. The molecule has 2 aromatic rings. The van der Waals surface area contributed by atoms with E-state index in [-0.39, 0.29) is 5.54 Å². The molecule has 2 rings (SSSR count). The van der Waals surface area contributed by atoms with E-state index < -0.39 is 0 Å². The SMILES string of the molecule is CCOc1ccccc1-c1cc(CNC(C)(C)C)no1. The van der Waals surface area contributed by atoms with Crippen molar-refractivity contribution < 1.29 is 9.26 Å². The Morgan fingerprint density at radius 1 is 1.25 bits per heavy atom. The van der Waals surface area contributed by atoms with Gasteiger partial charge in [-0.2, -0.15) is 0 Å². The Morgan fingerprint density at radius 3 is 2.70 bits per heavy atom. The predicted octanol–water partition coefficient (Wildman–Crippen LogP) is 3.63. The van der Waals surface area contributed by atoms with Gasteiger partial charge in [-0.3, -0.25) is 0 Å². The summed E-state index contributed by atoms with van der Waals surface area (Å²) in [5.41, 5.74) is 1.88. The van der Waals surface area contributed by atoms with E-state index in [1.165, 1.54) is 0 Å². The van der Waals surface area contributed by atoms with Crippen LogP contribution in [-0.2, 0) is 6.54 Å². The second kappa shape index (κ2) is 6.09. The maximum Gasteiger partial charge on any atom is 0.170 e. The van der Waals surface area contributed by atoms with Crippen molar-refractivity contribution in [2.75, 3.05) is 6.61 Å². The van der Waals surface area contributed by atoms with Gasteiger partial charge in [0, 0.05) is 18.2 Å². The normalized spacial score (nSPS) is 11.6. The zero-order chi connectivity index (χ0) is 14.6. The summed E-state index contributed by atoms with van der Waals surface area (Å²) < 4.78 is 11.0. The Labute approximate surface area is 120 Å². The third-order valence-corrected chi connectivity index (χ3v) is 2.81. The van der Waals surface area contributed by atoms with E-state index in [0.717, 1.165) is 22.8 Å². The molecule has 4 heteroatoms. The van der Waals surface area contributed by atoms with Gasteiger partial charge < -0.3 is 14.6 Å². The average Bonchev–Trinajstić information content (AvgIpc) is 2.85. The van der Waals surface area contributed by atoms with E-state index in [1.807, 2.05) is 37.3 Å². The summed E-state index contributed by atoms with van der Waals surface area (Å²) >= 11 is 0. The lowest BCUT2D eigenvalue weighted by Crippen LogP contribution is -2.35. The third-order valence-electron chi connectivity index (χ3n) is 2.81. The first-order valence-corrected chi connectivity index (χ1v) is 6.92. The van der Waals surface area contributed by atoms with E-state index in [9.17, 15) is 0 Å². The number of nitrogens with zero attached hydrogens (tertiary/aromatic N) is 1. The molecule has 0 aliphatic carbocycles. The lowest BCUT2D eigenvalue weighted by molar-refractivity contribution is 0.339. The molecular formula is C16H22N2O2. The number of para-hydroxylation sites is 1. The summed E-state index contributed by atoms with van der Waals surface area (Å²) in [5.74, 6) is 1.56. The Hall–Kier alpha value is -1.81. The minimum absolute atomic E-state index is 0.0579. The Morgan fingerprint density at radius 2 is 2.00 bits per heavy atom. The van der Waals surface area contributed by atoms with Gasteiger partial charge in [0.15, 0.2) is 5.76 Å². The van der Waals surface area contributed by atoms with Crippen LogP contribution in [0.4, 0.5) is 0 Å². The number of ether oxygens (including phenoxy) is 1. The van der Waals surface area contributed by atoms with Crippen molar-refractivity contribution in [3.63, 3.8) is 0 Å². The molecule has 1 heterocycles. The molecular weight excluding hydrogens is 252 g/mol. The molecule has 1 aromatic heterocycles. The van der Waals surface area contributed by atoms with Crippen LogP contribution in [-0.4, -0.2) is 17.3 Å². The average molecular weight is 274 g/mol. The van der Waals surface area contributed by atoms with Crippen LogP contribution < -0.4 is 10.1 Å². The number of benzene rings is 1. The molecule has 108 valence electrons. The monoisotopic (exact) mass is 274 g/mol. The van der Waals surface area contributed by atoms with Crippen molar-refractivity contribution in [2.45, 2.75) is 39.8 Å². The maximum absolute atomic E-state index is 5.61. The van der Waals surface area contributed by atoms with Crippen molar-refractivity contribution in [3.8, 4) is 17.1 Å². The van der Waals surface area contributed by atoms with E-state index in [0.29, 0.717) is 13.2 Å². The van der Waals surface area contributed by atoms with Crippen molar-refractivity contribution >= 4 is 0 Å². The Balaban J connectivity index is 2.16. The highest BCUT2D eigenvalue weighted by atomic mass is 16.5. The first-order chi connectivity index (χ1) is 9.49. The minimum Gasteiger partial charge on any atom is -0.493 e. The quantitative estimate of drug-likeness (QED) is 0.904. The lowest BCUT2D eigenvalue weighted by Gasteiger charge is -2.19. The van der Waals surface area contributed by atoms with E-state index in [4.69, 9.17) is 9.26 Å². The maximum atomic E-state index is 5.61. The van der Waals surface area contributed by atoms with Crippen LogP contribution in [0.15, 0.2) is 34.9 Å². The highest BCUT2D eigenvalue weighted by Gasteiger charge is 2.14. The van der Waals surface area contributed by atoms with Crippen LogP contribution in [0.1, 0.15) is 33.4 Å². The minimum atomic E-state index is 0.0579. The van der Waals surface area contributed by atoms with Gasteiger partial charge in [0.05, 0.1) is 17.9 Å². The summed E-state index contributed by atoms with van der Waals surface area (Å²) in [6.07, 6.45) is 0. The van der Waals surface area contributed by atoms with Gasteiger partial charge in [-0.05, 0) is 39.8 Å². The fourth-order valence-electron chi connectivity index (χ4n) is 1.83. The van der Waals surface area contributed by atoms with Gasteiger partial charge in [0.1, 0.15) is 5.75 Å². The van der Waals surface area contributed by atoms with Crippen LogP contribution in [0.25, 0.3) is 11.3 Å². The zero-order valence-corrected chi connectivity index (χ0v) is 12.6. The molecule has 0 saturated carbocycles. The van der Waals surface area contributed by atoms with Gasteiger partial charge in [-0.15, -0.1) is 0 Å². The molecule has 0 unspecified atom stereocenters. The van der Waals surface area contributed by atoms with Crippen LogP contribution in [0, 0.1) is 0 Å². The first kappa shape index (κ1) is 14.6. The largest absolute Gasteiger partial charge is 0.493 e. The zero-order valence-electron chi connectivity index (χ0n) is 12.6. The summed E-state index contributed by atoms with van der Waals surface area (Å²) in [7, 11) is 0. The predicted molar refractivity (Wildman–Crippen MR) is 79.7 cm³/mol. The molecule has 0 aliphatic rings. The summed E-state index contributed by atoms with van der Waals surface area (Å²) in [4.78, 5) is 0. The fourth-order valence-corrected chi connectivity index (χ4v) is 1.83. The molecule has 0 saturated heterocycles. The molecule has 0 atom stereocenters. The molecule has 0 spiro atoms. The van der Waals surface area contributed by atoms with Crippen LogP contribution >= 0.6 is 0 Å². The third kappa shape index (κ3) is 3.84. The molecule has 4 nitrogen and oxygen atoms in total. The van der Waals surface area contributed by atoms with Crippen LogP contribution in [0.5, 0.6) is 5.75 Å². The van der Waals surface area contributed by atoms with Gasteiger partial charge in [0.25, 0.3) is 0 Å². The first-order valence-electron chi connectivity index (χ1n) is 6.92. The smallest absolute Gasteiger partial charge is 0.170 e. The molecule has 0 amide bonds. The summed E-state index contributed by atoms with van der Waals surface area (Å²) in [5, 5.41) is 7.49.